The summed E-state index contributed by atoms with van der Waals surface area (Å²) in [6.07, 6.45) is 2.37. The first kappa shape index (κ1) is 12.5. The maximum absolute atomic E-state index is 3.72. The van der Waals surface area contributed by atoms with Crippen molar-refractivity contribution in [3.8, 4) is 0 Å². The lowest BCUT2D eigenvalue weighted by molar-refractivity contribution is 0.762. The molecule has 1 aliphatic carbocycles. The van der Waals surface area contributed by atoms with Crippen molar-refractivity contribution in [2.75, 3.05) is 5.32 Å². The van der Waals surface area contributed by atoms with Gasteiger partial charge in [0.2, 0.25) is 0 Å². The van der Waals surface area contributed by atoms with E-state index in [9.17, 15) is 0 Å². The summed E-state index contributed by atoms with van der Waals surface area (Å²) in [5, 5.41) is 6.31. The van der Waals surface area contributed by atoms with Gasteiger partial charge in [0.15, 0.2) is 0 Å². The van der Waals surface area contributed by atoms with Gasteiger partial charge in [0.05, 0.1) is 6.04 Å². The maximum Gasteiger partial charge on any atom is 0.0519 e. The Morgan fingerprint density at radius 1 is 0.905 bits per heavy atom. The van der Waals surface area contributed by atoms with Crippen molar-refractivity contribution < 1.29 is 0 Å². The van der Waals surface area contributed by atoms with Crippen LogP contribution >= 0.6 is 0 Å². The van der Waals surface area contributed by atoms with Gasteiger partial charge >= 0.3 is 0 Å². The van der Waals surface area contributed by atoms with Gasteiger partial charge in [-0.05, 0) is 53.8 Å². The third-order valence-electron chi connectivity index (χ3n) is 4.47. The van der Waals surface area contributed by atoms with E-state index in [-0.39, 0.29) is 0 Å². The lowest BCUT2D eigenvalue weighted by Gasteiger charge is -2.16. The number of anilines is 1. The summed E-state index contributed by atoms with van der Waals surface area (Å²) < 4.78 is 0. The van der Waals surface area contributed by atoms with Gasteiger partial charge in [-0.15, -0.1) is 0 Å². The van der Waals surface area contributed by atoms with Crippen LogP contribution < -0.4 is 5.32 Å². The fraction of sp³-hybridized carbons (Fsp3) is 0.200. The Morgan fingerprint density at radius 3 is 2.67 bits per heavy atom. The number of benzene rings is 3. The summed E-state index contributed by atoms with van der Waals surface area (Å²) in [5.41, 5.74) is 5.54. The number of fused-ring (bicyclic) bond motifs is 2. The molecule has 0 saturated heterocycles. The number of rotatable bonds is 2. The van der Waals surface area contributed by atoms with Crippen LogP contribution in [0.3, 0.4) is 0 Å². The second-order valence-electron chi connectivity index (χ2n) is 6.00. The summed E-state index contributed by atoms with van der Waals surface area (Å²) in [6.45, 7) is 2.17. The van der Waals surface area contributed by atoms with Crippen molar-refractivity contribution in [2.24, 2.45) is 0 Å². The molecule has 0 amide bonds. The predicted octanol–water partition coefficient (Wildman–Crippen LogP) is 5.25. The molecule has 1 N–H and O–H groups in total. The molecule has 0 spiro atoms. The van der Waals surface area contributed by atoms with Crippen molar-refractivity contribution in [2.45, 2.75) is 25.8 Å². The average molecular weight is 273 g/mol. The summed E-state index contributed by atoms with van der Waals surface area (Å²) in [6, 6.07) is 22.4. The largest absolute Gasteiger partial charge is 0.378 e. The number of aryl methyl sites for hydroxylation is 2. The molecular weight excluding hydrogens is 254 g/mol. The van der Waals surface area contributed by atoms with Crippen molar-refractivity contribution >= 4 is 16.5 Å². The minimum absolute atomic E-state index is 0.445. The summed E-state index contributed by atoms with van der Waals surface area (Å²) in [5.74, 6) is 0. The van der Waals surface area contributed by atoms with Crippen LogP contribution in [-0.4, -0.2) is 0 Å². The molecule has 0 radical (unpaired) electrons. The van der Waals surface area contributed by atoms with Gasteiger partial charge in [-0.3, -0.25) is 0 Å². The van der Waals surface area contributed by atoms with E-state index in [1.165, 1.54) is 46.0 Å². The van der Waals surface area contributed by atoms with Crippen LogP contribution in [0.5, 0.6) is 0 Å². The number of hydrogen-bond acceptors (Lipinski definition) is 1. The van der Waals surface area contributed by atoms with Crippen LogP contribution in [0.1, 0.15) is 29.2 Å². The van der Waals surface area contributed by atoms with E-state index in [1.54, 1.807) is 0 Å². The molecule has 0 bridgehead atoms. The quantitative estimate of drug-likeness (QED) is 0.672. The summed E-state index contributed by atoms with van der Waals surface area (Å²) in [4.78, 5) is 0. The molecule has 3 aromatic rings. The molecule has 21 heavy (non-hydrogen) atoms. The van der Waals surface area contributed by atoms with Crippen molar-refractivity contribution in [1.29, 1.82) is 0 Å². The monoisotopic (exact) mass is 273 g/mol. The fourth-order valence-corrected chi connectivity index (χ4v) is 3.35. The van der Waals surface area contributed by atoms with Crippen LogP contribution in [0, 0.1) is 6.92 Å². The highest BCUT2D eigenvalue weighted by Gasteiger charge is 2.22. The summed E-state index contributed by atoms with van der Waals surface area (Å²) >= 11 is 0. The molecule has 0 aliphatic heterocycles. The van der Waals surface area contributed by atoms with Gasteiger partial charge in [0.1, 0.15) is 0 Å². The first-order valence-electron chi connectivity index (χ1n) is 7.64. The van der Waals surface area contributed by atoms with Crippen LogP contribution in [0.15, 0.2) is 60.7 Å². The maximum atomic E-state index is 3.72. The molecule has 0 saturated carbocycles. The van der Waals surface area contributed by atoms with E-state index < -0.39 is 0 Å². The van der Waals surface area contributed by atoms with Crippen LogP contribution in [-0.2, 0) is 6.42 Å². The Labute approximate surface area is 125 Å². The second kappa shape index (κ2) is 4.92. The van der Waals surface area contributed by atoms with E-state index in [0.717, 1.165) is 0 Å². The van der Waals surface area contributed by atoms with Crippen LogP contribution in [0.4, 0.5) is 5.69 Å². The van der Waals surface area contributed by atoms with E-state index in [0.29, 0.717) is 6.04 Å². The minimum Gasteiger partial charge on any atom is -0.378 e. The first-order valence-corrected chi connectivity index (χ1v) is 7.64. The van der Waals surface area contributed by atoms with E-state index in [4.69, 9.17) is 0 Å². The Morgan fingerprint density at radius 2 is 1.76 bits per heavy atom. The molecule has 1 aliphatic rings. The molecule has 0 aromatic heterocycles. The topological polar surface area (TPSA) is 12.0 Å². The molecule has 1 heteroatoms. The summed E-state index contributed by atoms with van der Waals surface area (Å²) in [7, 11) is 0. The smallest absolute Gasteiger partial charge is 0.0519 e. The predicted molar refractivity (Wildman–Crippen MR) is 89.8 cm³/mol. The normalized spacial score (nSPS) is 16.9. The molecule has 1 unspecified atom stereocenters. The van der Waals surface area contributed by atoms with Gasteiger partial charge in [0.25, 0.3) is 0 Å². The van der Waals surface area contributed by atoms with E-state index >= 15 is 0 Å². The lowest BCUT2D eigenvalue weighted by Crippen LogP contribution is -2.07. The molecule has 104 valence electrons. The highest BCUT2D eigenvalue weighted by Crippen LogP contribution is 2.35. The zero-order valence-electron chi connectivity index (χ0n) is 12.3. The molecular formula is C20H19N. The fourth-order valence-electron chi connectivity index (χ4n) is 3.35. The molecule has 3 aromatic carbocycles. The third kappa shape index (κ3) is 2.29. The SMILES string of the molecule is Cc1ccc2c(c1)C(Nc1ccc3ccccc3c1)CC2. The van der Waals surface area contributed by atoms with Crippen molar-refractivity contribution in [1.82, 2.24) is 0 Å². The minimum atomic E-state index is 0.445. The molecule has 0 fully saturated rings. The zero-order chi connectivity index (χ0) is 14.2. The zero-order valence-corrected chi connectivity index (χ0v) is 12.3. The van der Waals surface area contributed by atoms with E-state index in [2.05, 4.69) is 72.9 Å². The second-order valence-corrected chi connectivity index (χ2v) is 6.00. The average Bonchev–Trinajstić information content (AvgIpc) is 2.89. The van der Waals surface area contributed by atoms with Gasteiger partial charge in [-0.2, -0.15) is 0 Å². The van der Waals surface area contributed by atoms with Crippen molar-refractivity contribution in [3.63, 3.8) is 0 Å². The lowest BCUT2D eigenvalue weighted by atomic mass is 10.0. The molecule has 0 heterocycles. The molecule has 4 rings (SSSR count). The van der Waals surface area contributed by atoms with Gasteiger partial charge in [0, 0.05) is 5.69 Å². The Hall–Kier alpha value is -2.28. The van der Waals surface area contributed by atoms with Gasteiger partial charge in [-0.25, -0.2) is 0 Å². The molecule has 1 nitrogen and oxygen atoms in total. The Kier molecular flexibility index (Phi) is 2.92. The van der Waals surface area contributed by atoms with Crippen LogP contribution in [0.2, 0.25) is 0 Å². The van der Waals surface area contributed by atoms with Gasteiger partial charge in [-0.1, -0.05) is 54.1 Å². The van der Waals surface area contributed by atoms with E-state index in [1.807, 2.05) is 0 Å². The van der Waals surface area contributed by atoms with Crippen LogP contribution in [0.25, 0.3) is 10.8 Å². The standard InChI is InChI=1S/C20H19N/c1-14-6-7-16-9-11-20(19(16)12-14)21-18-10-8-15-4-2-3-5-17(15)13-18/h2-8,10,12-13,20-21H,9,11H2,1H3. The number of nitrogens with one attached hydrogen (secondary N) is 1. The first-order chi connectivity index (χ1) is 10.3. The molecule has 1 atom stereocenters. The number of hydrogen-bond donors (Lipinski definition) is 1. The van der Waals surface area contributed by atoms with Gasteiger partial charge < -0.3 is 5.32 Å². The Balaban J connectivity index is 1.66. The highest BCUT2D eigenvalue weighted by molar-refractivity contribution is 5.85. The highest BCUT2D eigenvalue weighted by atomic mass is 14.9. The third-order valence-corrected chi connectivity index (χ3v) is 4.47. The Bertz CT molecular complexity index is 804. The van der Waals surface area contributed by atoms with Crippen molar-refractivity contribution in [3.05, 3.63) is 77.4 Å².